The van der Waals surface area contributed by atoms with Crippen LogP contribution in [0.1, 0.15) is 23.2 Å². The molecule has 1 aliphatic heterocycles. The monoisotopic (exact) mass is 295 g/mol. The quantitative estimate of drug-likeness (QED) is 0.756. The van der Waals surface area contributed by atoms with Crippen molar-refractivity contribution in [2.24, 2.45) is 16.9 Å². The van der Waals surface area contributed by atoms with Crippen LogP contribution in [0.25, 0.3) is 0 Å². The fourth-order valence-corrected chi connectivity index (χ4v) is 2.32. The average molecular weight is 295 g/mol. The van der Waals surface area contributed by atoms with E-state index in [9.17, 15) is 14.0 Å². The molecule has 1 aliphatic rings. The van der Waals surface area contributed by atoms with Crippen molar-refractivity contribution in [3.05, 3.63) is 29.6 Å². The Labute approximate surface area is 121 Å². The van der Waals surface area contributed by atoms with E-state index in [-0.39, 0.29) is 23.7 Å². The molecule has 0 aromatic heterocycles. The molecule has 0 atom stereocenters. The van der Waals surface area contributed by atoms with Crippen molar-refractivity contribution < 1.29 is 18.7 Å². The minimum absolute atomic E-state index is 0.0735. The summed E-state index contributed by atoms with van der Waals surface area (Å²) in [4.78, 5) is 23.5. The molecule has 0 aliphatic carbocycles. The van der Waals surface area contributed by atoms with E-state index in [0.29, 0.717) is 26.1 Å². The third kappa shape index (κ3) is 3.20. The van der Waals surface area contributed by atoms with Gasteiger partial charge in [-0.05, 0) is 31.0 Å². The molecule has 1 aromatic carbocycles. The molecular weight excluding hydrogens is 277 g/mol. The Kier molecular flexibility index (Phi) is 4.54. The Morgan fingerprint density at radius 3 is 2.57 bits per heavy atom. The summed E-state index contributed by atoms with van der Waals surface area (Å²) in [5.41, 5.74) is 10.2. The number of nitrogens with one attached hydrogen (secondary N) is 1. The molecule has 2 amide bonds. The summed E-state index contributed by atoms with van der Waals surface area (Å²) >= 11 is 0. The van der Waals surface area contributed by atoms with E-state index in [1.807, 2.05) is 0 Å². The molecule has 6 nitrogen and oxygen atoms in total. The zero-order chi connectivity index (χ0) is 15.5. The van der Waals surface area contributed by atoms with Crippen LogP contribution in [-0.2, 0) is 9.53 Å². The second kappa shape index (κ2) is 6.19. The minimum atomic E-state index is -0.770. The number of carbonyl (C=O) groups excluding carboxylic acids is 2. The molecule has 7 heteroatoms. The predicted octanol–water partition coefficient (Wildman–Crippen LogP) is 0.619. The van der Waals surface area contributed by atoms with Gasteiger partial charge in [0, 0.05) is 25.3 Å². The highest BCUT2D eigenvalue weighted by atomic mass is 19.1. The molecule has 0 unspecified atom stereocenters. The van der Waals surface area contributed by atoms with Gasteiger partial charge in [0.25, 0.3) is 0 Å². The Morgan fingerprint density at radius 1 is 1.33 bits per heavy atom. The number of nitrogens with two attached hydrogens (primary N) is 2. The van der Waals surface area contributed by atoms with E-state index >= 15 is 0 Å². The van der Waals surface area contributed by atoms with Crippen LogP contribution in [-0.4, -0.2) is 31.6 Å². The number of benzene rings is 1. The summed E-state index contributed by atoms with van der Waals surface area (Å²) in [6, 6.07) is 3.58. The van der Waals surface area contributed by atoms with Crippen LogP contribution in [0.15, 0.2) is 18.2 Å². The fourth-order valence-electron chi connectivity index (χ4n) is 2.32. The second-order valence-electron chi connectivity index (χ2n) is 5.11. The Hall–Kier alpha value is -1.99. The third-order valence-electron chi connectivity index (χ3n) is 3.82. The van der Waals surface area contributed by atoms with Crippen LogP contribution in [0.3, 0.4) is 0 Å². The number of hydrogen-bond donors (Lipinski definition) is 3. The molecule has 0 bridgehead atoms. The van der Waals surface area contributed by atoms with E-state index < -0.39 is 17.1 Å². The standard InChI is InChI=1S/C14H18FN3O3/c15-10-2-1-9(12(17)19)7-11(10)18-13(20)14(8-16)3-5-21-6-4-14/h1-2,7H,3-6,8,16H2,(H2,17,19)(H,18,20). The van der Waals surface area contributed by atoms with Crippen molar-refractivity contribution in [2.45, 2.75) is 12.8 Å². The van der Waals surface area contributed by atoms with E-state index in [0.717, 1.165) is 6.07 Å². The summed E-state index contributed by atoms with van der Waals surface area (Å²) in [5, 5.41) is 2.51. The van der Waals surface area contributed by atoms with Crippen molar-refractivity contribution in [3.63, 3.8) is 0 Å². The van der Waals surface area contributed by atoms with Crippen molar-refractivity contribution in [1.82, 2.24) is 0 Å². The summed E-state index contributed by atoms with van der Waals surface area (Å²) < 4.78 is 19.0. The Morgan fingerprint density at radius 2 is 2.00 bits per heavy atom. The Balaban J connectivity index is 2.22. The van der Waals surface area contributed by atoms with Crippen molar-refractivity contribution >= 4 is 17.5 Å². The number of primary amides is 1. The molecule has 21 heavy (non-hydrogen) atoms. The molecule has 114 valence electrons. The lowest BCUT2D eigenvalue weighted by Crippen LogP contribution is -2.46. The minimum Gasteiger partial charge on any atom is -0.381 e. The number of ether oxygens (including phenoxy) is 1. The van der Waals surface area contributed by atoms with E-state index in [2.05, 4.69) is 5.32 Å². The van der Waals surface area contributed by atoms with Gasteiger partial charge in [-0.25, -0.2) is 4.39 Å². The maximum atomic E-state index is 13.8. The predicted molar refractivity (Wildman–Crippen MR) is 75.1 cm³/mol. The van der Waals surface area contributed by atoms with Crippen LogP contribution in [0.5, 0.6) is 0 Å². The summed E-state index contributed by atoms with van der Waals surface area (Å²) in [6.07, 6.45) is 0.957. The molecule has 5 N–H and O–H groups in total. The van der Waals surface area contributed by atoms with Gasteiger partial charge in [0.05, 0.1) is 11.1 Å². The van der Waals surface area contributed by atoms with Gasteiger partial charge < -0.3 is 21.5 Å². The number of rotatable bonds is 4. The smallest absolute Gasteiger partial charge is 0.248 e. The lowest BCUT2D eigenvalue weighted by Gasteiger charge is -2.34. The zero-order valence-corrected chi connectivity index (χ0v) is 11.5. The molecule has 0 spiro atoms. The van der Waals surface area contributed by atoms with Crippen LogP contribution in [0, 0.1) is 11.2 Å². The lowest BCUT2D eigenvalue weighted by atomic mass is 9.79. The molecule has 1 aromatic rings. The van der Waals surface area contributed by atoms with Crippen LogP contribution >= 0.6 is 0 Å². The first-order chi connectivity index (χ1) is 9.98. The van der Waals surface area contributed by atoms with Crippen molar-refractivity contribution in [2.75, 3.05) is 25.1 Å². The number of carbonyl (C=O) groups is 2. The van der Waals surface area contributed by atoms with E-state index in [4.69, 9.17) is 16.2 Å². The lowest BCUT2D eigenvalue weighted by molar-refractivity contribution is -0.130. The second-order valence-corrected chi connectivity index (χ2v) is 5.11. The average Bonchev–Trinajstić information content (AvgIpc) is 2.49. The summed E-state index contributed by atoms with van der Waals surface area (Å²) in [5.74, 6) is -1.69. The molecule has 0 radical (unpaired) electrons. The largest absolute Gasteiger partial charge is 0.381 e. The van der Waals surface area contributed by atoms with Crippen molar-refractivity contribution in [1.29, 1.82) is 0 Å². The molecule has 0 saturated carbocycles. The van der Waals surface area contributed by atoms with Gasteiger partial charge in [0.1, 0.15) is 5.82 Å². The third-order valence-corrected chi connectivity index (χ3v) is 3.82. The van der Waals surface area contributed by atoms with Crippen LogP contribution < -0.4 is 16.8 Å². The molecule has 2 rings (SSSR count). The van der Waals surface area contributed by atoms with Crippen LogP contribution in [0.4, 0.5) is 10.1 Å². The molecule has 1 heterocycles. The van der Waals surface area contributed by atoms with Gasteiger partial charge in [-0.1, -0.05) is 0 Å². The first kappa shape index (κ1) is 15.4. The van der Waals surface area contributed by atoms with Crippen LogP contribution in [0.2, 0.25) is 0 Å². The molecule has 1 fully saturated rings. The van der Waals surface area contributed by atoms with E-state index in [1.165, 1.54) is 12.1 Å². The summed E-state index contributed by atoms with van der Waals surface area (Å²) in [7, 11) is 0. The highest BCUT2D eigenvalue weighted by molar-refractivity contribution is 5.98. The van der Waals surface area contributed by atoms with Gasteiger partial charge in [-0.3, -0.25) is 9.59 Å². The van der Waals surface area contributed by atoms with Crippen molar-refractivity contribution in [3.8, 4) is 0 Å². The van der Waals surface area contributed by atoms with E-state index in [1.54, 1.807) is 0 Å². The number of amides is 2. The first-order valence-corrected chi connectivity index (χ1v) is 6.67. The molecular formula is C14H18FN3O3. The summed E-state index contributed by atoms with van der Waals surface area (Å²) in [6.45, 7) is 1.03. The first-order valence-electron chi connectivity index (χ1n) is 6.67. The molecule has 1 saturated heterocycles. The van der Waals surface area contributed by atoms with Gasteiger partial charge in [-0.2, -0.15) is 0 Å². The number of halogens is 1. The highest BCUT2D eigenvalue weighted by Gasteiger charge is 2.39. The topological polar surface area (TPSA) is 107 Å². The maximum Gasteiger partial charge on any atom is 0.248 e. The SMILES string of the molecule is NCC1(C(=O)Nc2cc(C(N)=O)ccc2F)CCOCC1. The van der Waals surface area contributed by atoms with Gasteiger partial charge >= 0.3 is 0 Å². The van der Waals surface area contributed by atoms with Gasteiger partial charge in [-0.15, -0.1) is 0 Å². The highest BCUT2D eigenvalue weighted by Crippen LogP contribution is 2.31. The number of anilines is 1. The Bertz CT molecular complexity index is 556. The zero-order valence-electron chi connectivity index (χ0n) is 11.5. The van der Waals surface area contributed by atoms with Gasteiger partial charge in [0.15, 0.2) is 0 Å². The number of hydrogen-bond acceptors (Lipinski definition) is 4. The van der Waals surface area contributed by atoms with Gasteiger partial charge in [0.2, 0.25) is 11.8 Å². The maximum absolute atomic E-state index is 13.8. The fraction of sp³-hybridized carbons (Fsp3) is 0.429. The normalized spacial score (nSPS) is 17.2.